The van der Waals surface area contributed by atoms with Crippen LogP contribution in [0.25, 0.3) is 0 Å². The first-order valence-corrected chi connectivity index (χ1v) is 8.32. The fourth-order valence-corrected chi connectivity index (χ4v) is 2.79. The summed E-state index contributed by atoms with van der Waals surface area (Å²) in [5, 5.41) is 5.42. The fraction of sp³-hybridized carbons (Fsp3) is 0.211. The summed E-state index contributed by atoms with van der Waals surface area (Å²) >= 11 is 0. The zero-order valence-corrected chi connectivity index (χ0v) is 14.4. The average molecular weight is 352 g/mol. The molecule has 134 valence electrons. The van der Waals surface area contributed by atoms with Crippen LogP contribution in [0.3, 0.4) is 0 Å². The molecule has 0 aliphatic carbocycles. The summed E-state index contributed by atoms with van der Waals surface area (Å²) in [7, 11) is 0. The van der Waals surface area contributed by atoms with Crippen molar-refractivity contribution in [3.8, 4) is 0 Å². The predicted molar refractivity (Wildman–Crippen MR) is 100 cm³/mol. The minimum absolute atomic E-state index is 0.00435. The van der Waals surface area contributed by atoms with Crippen LogP contribution < -0.4 is 15.5 Å². The van der Waals surface area contributed by atoms with Gasteiger partial charge in [-0.15, -0.1) is 0 Å². The average Bonchev–Trinajstić information content (AvgIpc) is 2.97. The molecule has 1 heterocycles. The summed E-state index contributed by atoms with van der Waals surface area (Å²) in [4.78, 5) is 38.9. The van der Waals surface area contributed by atoms with Crippen molar-refractivity contribution in [1.29, 1.82) is 0 Å². The highest BCUT2D eigenvalue weighted by Crippen LogP contribution is 2.20. The van der Waals surface area contributed by atoms with E-state index in [0.29, 0.717) is 24.5 Å². The Balaban J connectivity index is 1.55. The molecule has 7 heteroatoms. The van der Waals surface area contributed by atoms with Gasteiger partial charge in [-0.2, -0.15) is 0 Å². The van der Waals surface area contributed by atoms with E-state index in [1.54, 1.807) is 29.2 Å². The van der Waals surface area contributed by atoms with Gasteiger partial charge in [0, 0.05) is 37.1 Å². The van der Waals surface area contributed by atoms with E-state index in [4.69, 9.17) is 0 Å². The lowest BCUT2D eigenvalue weighted by Gasteiger charge is -2.18. The molecule has 4 amide bonds. The molecule has 0 saturated carbocycles. The summed E-state index contributed by atoms with van der Waals surface area (Å²) in [5.74, 6) is -0.419. The number of benzene rings is 2. The predicted octanol–water partition coefficient (Wildman–Crippen LogP) is 2.53. The van der Waals surface area contributed by atoms with Gasteiger partial charge in [-0.3, -0.25) is 14.5 Å². The molecule has 0 radical (unpaired) electrons. The number of hydrogen-bond acceptors (Lipinski definition) is 3. The molecule has 1 fully saturated rings. The smallest absolute Gasteiger partial charge is 0.325 e. The zero-order chi connectivity index (χ0) is 18.5. The molecule has 1 saturated heterocycles. The van der Waals surface area contributed by atoms with Gasteiger partial charge in [-0.05, 0) is 36.4 Å². The Kier molecular flexibility index (Phi) is 5.17. The van der Waals surface area contributed by atoms with Gasteiger partial charge in [0.25, 0.3) is 0 Å². The Morgan fingerprint density at radius 2 is 1.54 bits per heavy atom. The minimum Gasteiger partial charge on any atom is -0.326 e. The third kappa shape index (κ3) is 4.18. The molecular weight excluding hydrogens is 332 g/mol. The van der Waals surface area contributed by atoms with Crippen molar-refractivity contribution in [2.45, 2.75) is 6.92 Å². The number of nitrogens with zero attached hydrogens (tertiary/aromatic N) is 2. The van der Waals surface area contributed by atoms with E-state index in [2.05, 4.69) is 10.6 Å². The lowest BCUT2D eigenvalue weighted by atomic mass is 10.2. The standard InChI is InChI=1S/C19H20N4O3/c1-14(24)20-15-7-9-16(10-8-15)21-18(25)13-22-11-12-23(19(22)26)17-5-3-2-4-6-17/h2-10H,11-13H2,1H3,(H,20,24)(H,21,25). The van der Waals surface area contributed by atoms with Crippen molar-refractivity contribution in [2.24, 2.45) is 0 Å². The number of amides is 4. The SMILES string of the molecule is CC(=O)Nc1ccc(NC(=O)CN2CCN(c3ccccc3)C2=O)cc1. The van der Waals surface area contributed by atoms with E-state index in [1.807, 2.05) is 30.3 Å². The minimum atomic E-state index is -0.263. The Bertz CT molecular complexity index is 805. The molecule has 1 aliphatic rings. The second kappa shape index (κ2) is 7.69. The highest BCUT2D eigenvalue weighted by molar-refractivity contribution is 5.99. The molecule has 7 nitrogen and oxygen atoms in total. The van der Waals surface area contributed by atoms with Gasteiger partial charge in [0.15, 0.2) is 0 Å². The number of rotatable bonds is 5. The van der Waals surface area contributed by atoms with E-state index < -0.39 is 0 Å². The number of urea groups is 1. The number of carbonyl (C=O) groups is 3. The van der Waals surface area contributed by atoms with Crippen LogP contribution in [0.2, 0.25) is 0 Å². The molecular formula is C19H20N4O3. The summed E-state index contributed by atoms with van der Waals surface area (Å²) in [5.41, 5.74) is 2.09. The van der Waals surface area contributed by atoms with Crippen LogP contribution >= 0.6 is 0 Å². The van der Waals surface area contributed by atoms with Crippen LogP contribution in [0.5, 0.6) is 0 Å². The summed E-state index contributed by atoms with van der Waals surface area (Å²) in [6, 6.07) is 16.0. The van der Waals surface area contributed by atoms with Gasteiger partial charge in [-0.25, -0.2) is 4.79 Å². The first kappa shape index (κ1) is 17.5. The first-order chi connectivity index (χ1) is 12.5. The quantitative estimate of drug-likeness (QED) is 0.867. The maximum absolute atomic E-state index is 12.5. The van der Waals surface area contributed by atoms with Crippen molar-refractivity contribution in [3.05, 3.63) is 54.6 Å². The zero-order valence-electron chi connectivity index (χ0n) is 14.4. The monoisotopic (exact) mass is 352 g/mol. The molecule has 26 heavy (non-hydrogen) atoms. The third-order valence-corrected chi connectivity index (χ3v) is 3.99. The number of carbonyl (C=O) groups excluding carboxylic acids is 3. The third-order valence-electron chi connectivity index (χ3n) is 3.99. The topological polar surface area (TPSA) is 81.8 Å². The van der Waals surface area contributed by atoms with Crippen molar-refractivity contribution >= 4 is 34.9 Å². The van der Waals surface area contributed by atoms with Crippen LogP contribution in [-0.2, 0) is 9.59 Å². The number of nitrogens with one attached hydrogen (secondary N) is 2. The second-order valence-electron chi connectivity index (χ2n) is 6.00. The summed E-state index contributed by atoms with van der Waals surface area (Å²) in [6.07, 6.45) is 0. The lowest BCUT2D eigenvalue weighted by molar-refractivity contribution is -0.116. The lowest BCUT2D eigenvalue weighted by Crippen LogP contribution is -2.37. The number of anilines is 3. The van der Waals surface area contributed by atoms with Crippen molar-refractivity contribution in [1.82, 2.24) is 4.90 Å². The van der Waals surface area contributed by atoms with E-state index >= 15 is 0 Å². The highest BCUT2D eigenvalue weighted by Gasteiger charge is 2.30. The largest absolute Gasteiger partial charge is 0.326 e. The van der Waals surface area contributed by atoms with Gasteiger partial charge < -0.3 is 15.5 Å². The van der Waals surface area contributed by atoms with Crippen LogP contribution in [0.1, 0.15) is 6.92 Å². The second-order valence-corrected chi connectivity index (χ2v) is 6.00. The Morgan fingerprint density at radius 3 is 2.15 bits per heavy atom. The van der Waals surface area contributed by atoms with Crippen LogP contribution in [0.15, 0.2) is 54.6 Å². The summed E-state index contributed by atoms with van der Waals surface area (Å²) in [6.45, 7) is 2.49. The maximum Gasteiger partial charge on any atom is 0.325 e. The molecule has 1 aliphatic heterocycles. The van der Waals surface area contributed by atoms with Crippen LogP contribution in [0.4, 0.5) is 21.9 Å². The van der Waals surface area contributed by atoms with E-state index in [-0.39, 0.29) is 24.4 Å². The molecule has 0 atom stereocenters. The van der Waals surface area contributed by atoms with Gasteiger partial charge in [0.2, 0.25) is 11.8 Å². The molecule has 0 bridgehead atoms. The normalized spacial score (nSPS) is 13.7. The maximum atomic E-state index is 12.5. The molecule has 2 N–H and O–H groups in total. The Hall–Kier alpha value is -3.35. The molecule has 0 aromatic heterocycles. The van der Waals surface area contributed by atoms with E-state index in [9.17, 15) is 14.4 Å². The summed E-state index contributed by atoms with van der Waals surface area (Å²) < 4.78 is 0. The Morgan fingerprint density at radius 1 is 0.923 bits per heavy atom. The Labute approximate surface area is 151 Å². The van der Waals surface area contributed by atoms with Gasteiger partial charge in [0.1, 0.15) is 6.54 Å². The number of para-hydroxylation sites is 1. The first-order valence-electron chi connectivity index (χ1n) is 8.32. The van der Waals surface area contributed by atoms with Crippen molar-refractivity contribution in [2.75, 3.05) is 35.2 Å². The van der Waals surface area contributed by atoms with E-state index in [1.165, 1.54) is 11.8 Å². The van der Waals surface area contributed by atoms with Gasteiger partial charge in [-0.1, -0.05) is 18.2 Å². The molecule has 2 aromatic rings. The van der Waals surface area contributed by atoms with Crippen molar-refractivity contribution in [3.63, 3.8) is 0 Å². The fourth-order valence-electron chi connectivity index (χ4n) is 2.79. The van der Waals surface area contributed by atoms with Gasteiger partial charge >= 0.3 is 6.03 Å². The van der Waals surface area contributed by atoms with Crippen molar-refractivity contribution < 1.29 is 14.4 Å². The number of hydrogen-bond donors (Lipinski definition) is 2. The molecule has 0 unspecified atom stereocenters. The van der Waals surface area contributed by atoms with E-state index in [0.717, 1.165) is 5.69 Å². The van der Waals surface area contributed by atoms with Crippen LogP contribution in [-0.4, -0.2) is 42.4 Å². The van der Waals surface area contributed by atoms with Gasteiger partial charge in [0.05, 0.1) is 0 Å². The van der Waals surface area contributed by atoms with Crippen LogP contribution in [0, 0.1) is 0 Å². The molecule has 3 rings (SSSR count). The molecule has 2 aromatic carbocycles. The highest BCUT2D eigenvalue weighted by atomic mass is 16.2. The molecule has 0 spiro atoms.